The van der Waals surface area contributed by atoms with Crippen molar-refractivity contribution >= 4 is 39.7 Å². The summed E-state index contributed by atoms with van der Waals surface area (Å²) in [5.74, 6) is 0.0962. The number of aromatic nitrogens is 3. The molecule has 0 radical (unpaired) electrons. The van der Waals surface area contributed by atoms with E-state index in [9.17, 15) is 10.1 Å². The maximum Gasteiger partial charge on any atom is 0.235 e. The third-order valence-corrected chi connectivity index (χ3v) is 6.55. The van der Waals surface area contributed by atoms with Crippen LogP contribution in [0.2, 0.25) is 0 Å². The molecule has 0 bridgehead atoms. The van der Waals surface area contributed by atoms with Crippen LogP contribution in [-0.2, 0) is 17.6 Å². The van der Waals surface area contributed by atoms with Crippen LogP contribution < -0.4 is 5.32 Å². The second-order valence-corrected chi connectivity index (χ2v) is 8.18. The van der Waals surface area contributed by atoms with E-state index in [1.54, 1.807) is 11.3 Å². The number of pyridine rings is 1. The zero-order valence-electron chi connectivity index (χ0n) is 14.1. The predicted octanol–water partition coefficient (Wildman–Crippen LogP) is 3.66. The Kier molecular flexibility index (Phi) is 4.91. The van der Waals surface area contributed by atoms with Crippen molar-refractivity contribution in [3.05, 3.63) is 40.4 Å². The van der Waals surface area contributed by atoms with Gasteiger partial charge in [-0.15, -0.1) is 21.5 Å². The van der Waals surface area contributed by atoms with Crippen molar-refractivity contribution in [1.82, 2.24) is 14.6 Å². The molecule has 1 N–H and O–H groups in total. The van der Waals surface area contributed by atoms with Gasteiger partial charge in [-0.1, -0.05) is 24.2 Å². The van der Waals surface area contributed by atoms with E-state index < -0.39 is 0 Å². The van der Waals surface area contributed by atoms with Crippen LogP contribution in [0.4, 0.5) is 5.00 Å². The van der Waals surface area contributed by atoms with Gasteiger partial charge < -0.3 is 5.32 Å². The number of thioether (sulfide) groups is 1. The Balaban J connectivity index is 1.46. The second kappa shape index (κ2) is 7.48. The first-order valence-corrected chi connectivity index (χ1v) is 10.3. The molecule has 1 aliphatic carbocycles. The van der Waals surface area contributed by atoms with Crippen molar-refractivity contribution < 1.29 is 4.79 Å². The highest BCUT2D eigenvalue weighted by atomic mass is 32.2. The van der Waals surface area contributed by atoms with E-state index in [0.717, 1.165) is 36.9 Å². The van der Waals surface area contributed by atoms with Crippen molar-refractivity contribution in [2.24, 2.45) is 0 Å². The highest BCUT2D eigenvalue weighted by Gasteiger charge is 2.21. The quantitative estimate of drug-likeness (QED) is 0.549. The van der Waals surface area contributed by atoms with Gasteiger partial charge in [0.2, 0.25) is 5.91 Å². The first kappa shape index (κ1) is 17.1. The highest BCUT2D eigenvalue weighted by molar-refractivity contribution is 7.99. The van der Waals surface area contributed by atoms with Gasteiger partial charge in [0.05, 0.1) is 11.3 Å². The smallest absolute Gasteiger partial charge is 0.235 e. The minimum absolute atomic E-state index is 0.129. The molecule has 6 nitrogen and oxygen atoms in total. The van der Waals surface area contributed by atoms with Gasteiger partial charge in [0.1, 0.15) is 11.1 Å². The number of hydrogen-bond acceptors (Lipinski definition) is 6. The molecule has 3 aromatic heterocycles. The summed E-state index contributed by atoms with van der Waals surface area (Å²) in [4.78, 5) is 13.7. The van der Waals surface area contributed by atoms with Gasteiger partial charge in [-0.25, -0.2) is 0 Å². The highest BCUT2D eigenvalue weighted by Crippen LogP contribution is 2.37. The van der Waals surface area contributed by atoms with Crippen molar-refractivity contribution in [3.63, 3.8) is 0 Å². The molecule has 8 heteroatoms. The normalized spacial score (nSPS) is 13.8. The van der Waals surface area contributed by atoms with Crippen LogP contribution in [0.1, 0.15) is 35.3 Å². The lowest BCUT2D eigenvalue weighted by Crippen LogP contribution is -2.14. The molecule has 0 fully saturated rings. The van der Waals surface area contributed by atoms with Crippen LogP contribution in [0.25, 0.3) is 5.65 Å². The molecule has 0 aliphatic heterocycles. The summed E-state index contributed by atoms with van der Waals surface area (Å²) < 4.78 is 1.85. The Bertz CT molecular complexity index is 1000. The predicted molar refractivity (Wildman–Crippen MR) is 103 cm³/mol. The molecule has 3 heterocycles. The van der Waals surface area contributed by atoms with E-state index in [-0.39, 0.29) is 11.7 Å². The van der Waals surface area contributed by atoms with Crippen LogP contribution in [0.3, 0.4) is 0 Å². The topological polar surface area (TPSA) is 83.1 Å². The molecule has 4 rings (SSSR count). The monoisotopic (exact) mass is 383 g/mol. The van der Waals surface area contributed by atoms with Crippen LogP contribution in [0.5, 0.6) is 0 Å². The molecule has 132 valence electrons. The van der Waals surface area contributed by atoms with Gasteiger partial charge in [0.15, 0.2) is 10.8 Å². The minimum atomic E-state index is -0.129. The van der Waals surface area contributed by atoms with Gasteiger partial charge in [0.25, 0.3) is 0 Å². The van der Waals surface area contributed by atoms with Gasteiger partial charge >= 0.3 is 0 Å². The van der Waals surface area contributed by atoms with Crippen LogP contribution in [-0.4, -0.2) is 26.3 Å². The zero-order chi connectivity index (χ0) is 17.9. The molecule has 0 unspecified atom stereocenters. The molecule has 0 aromatic carbocycles. The van der Waals surface area contributed by atoms with Gasteiger partial charge in [-0.3, -0.25) is 9.20 Å². The van der Waals surface area contributed by atoms with Crippen molar-refractivity contribution in [2.45, 2.75) is 37.3 Å². The number of aryl methyl sites for hydroxylation is 1. The van der Waals surface area contributed by atoms with E-state index in [2.05, 4.69) is 21.6 Å². The first-order chi connectivity index (χ1) is 12.8. The molecule has 0 saturated carbocycles. The van der Waals surface area contributed by atoms with E-state index in [1.807, 2.05) is 28.8 Å². The average Bonchev–Trinajstić information content (AvgIpc) is 3.13. The van der Waals surface area contributed by atoms with Gasteiger partial charge in [-0.05, 0) is 43.4 Å². The number of nitrogens with one attached hydrogen (secondary N) is 1. The van der Waals surface area contributed by atoms with Crippen LogP contribution in [0.15, 0.2) is 29.6 Å². The standard InChI is InChI=1S/C18H17N5OS2/c19-10-13-12-6-2-1-3-7-14(12)26-17(13)20-16(24)11-25-18-22-21-15-8-4-5-9-23(15)18/h4-5,8-9H,1-3,6-7,11H2,(H,20,24). The summed E-state index contributed by atoms with van der Waals surface area (Å²) in [6.45, 7) is 0. The number of carbonyl (C=O) groups is 1. The summed E-state index contributed by atoms with van der Waals surface area (Å²) >= 11 is 2.89. The number of nitriles is 1. The summed E-state index contributed by atoms with van der Waals surface area (Å²) in [5.41, 5.74) is 2.55. The van der Waals surface area contributed by atoms with Crippen molar-refractivity contribution in [3.8, 4) is 6.07 Å². The Hall–Kier alpha value is -2.37. The molecule has 1 amide bonds. The maximum atomic E-state index is 12.4. The van der Waals surface area contributed by atoms with E-state index in [4.69, 9.17) is 0 Å². The average molecular weight is 384 g/mol. The molecule has 0 spiro atoms. The summed E-state index contributed by atoms with van der Waals surface area (Å²) in [5, 5.41) is 22.0. The van der Waals surface area contributed by atoms with Crippen molar-refractivity contribution in [1.29, 1.82) is 5.26 Å². The summed E-state index contributed by atoms with van der Waals surface area (Å²) in [6.07, 6.45) is 7.29. The second-order valence-electron chi connectivity index (χ2n) is 6.13. The molecule has 0 atom stereocenters. The summed E-state index contributed by atoms with van der Waals surface area (Å²) in [7, 11) is 0. The molecular formula is C18H17N5OS2. The molecule has 26 heavy (non-hydrogen) atoms. The largest absolute Gasteiger partial charge is 0.316 e. The molecule has 1 aliphatic rings. The van der Waals surface area contributed by atoms with Gasteiger partial charge in [-0.2, -0.15) is 5.26 Å². The van der Waals surface area contributed by atoms with Gasteiger partial charge in [0, 0.05) is 11.1 Å². The van der Waals surface area contributed by atoms with Crippen molar-refractivity contribution in [2.75, 3.05) is 11.1 Å². The lowest BCUT2D eigenvalue weighted by Gasteiger charge is -2.03. The number of fused-ring (bicyclic) bond motifs is 2. The minimum Gasteiger partial charge on any atom is -0.316 e. The Morgan fingerprint density at radius 1 is 1.31 bits per heavy atom. The number of amides is 1. The third-order valence-electron chi connectivity index (χ3n) is 4.40. The van der Waals surface area contributed by atoms with E-state index in [1.165, 1.54) is 23.1 Å². The van der Waals surface area contributed by atoms with E-state index in [0.29, 0.717) is 15.7 Å². The SMILES string of the molecule is N#Cc1c(NC(=O)CSc2nnc3ccccn23)sc2c1CCCCC2. The Morgan fingerprint density at radius 3 is 3.08 bits per heavy atom. The molecule has 3 aromatic rings. The number of nitrogens with zero attached hydrogens (tertiary/aromatic N) is 4. The third kappa shape index (κ3) is 3.32. The van der Waals surface area contributed by atoms with Crippen LogP contribution in [0, 0.1) is 11.3 Å². The Morgan fingerprint density at radius 2 is 2.19 bits per heavy atom. The molecule has 0 saturated heterocycles. The number of hydrogen-bond donors (Lipinski definition) is 1. The Labute approximate surface area is 159 Å². The summed E-state index contributed by atoms with van der Waals surface area (Å²) in [6, 6.07) is 7.96. The number of rotatable bonds is 4. The molecular weight excluding hydrogens is 366 g/mol. The lowest BCUT2D eigenvalue weighted by molar-refractivity contribution is -0.113. The maximum absolute atomic E-state index is 12.4. The van der Waals surface area contributed by atoms with Crippen LogP contribution >= 0.6 is 23.1 Å². The lowest BCUT2D eigenvalue weighted by atomic mass is 10.1. The fraction of sp³-hybridized carbons (Fsp3) is 0.333. The number of thiophene rings is 1. The number of anilines is 1. The zero-order valence-corrected chi connectivity index (χ0v) is 15.7. The fourth-order valence-electron chi connectivity index (χ4n) is 3.16. The fourth-order valence-corrected chi connectivity index (χ4v) is 5.14. The van der Waals surface area contributed by atoms with E-state index >= 15 is 0 Å². The number of carbonyl (C=O) groups excluding carboxylic acids is 1. The first-order valence-electron chi connectivity index (χ1n) is 8.53.